The molecule has 0 amide bonds. The molecule has 0 aliphatic carbocycles. The molecule has 2 aromatic rings. The lowest BCUT2D eigenvalue weighted by Gasteiger charge is -2.36. The van der Waals surface area contributed by atoms with Gasteiger partial charge in [0.1, 0.15) is 18.0 Å². The van der Waals surface area contributed by atoms with E-state index in [0.717, 1.165) is 74.9 Å². The van der Waals surface area contributed by atoms with Crippen LogP contribution in [-0.2, 0) is 6.54 Å². The van der Waals surface area contributed by atoms with Gasteiger partial charge in [-0.05, 0) is 36.5 Å². The van der Waals surface area contributed by atoms with E-state index in [2.05, 4.69) is 49.8 Å². The highest BCUT2D eigenvalue weighted by molar-refractivity contribution is 5.50. The zero-order valence-electron chi connectivity index (χ0n) is 17.1. The van der Waals surface area contributed by atoms with E-state index in [1.807, 2.05) is 6.07 Å². The average Bonchev–Trinajstić information content (AvgIpc) is 3.23. The van der Waals surface area contributed by atoms with Crippen LogP contribution in [0.25, 0.3) is 0 Å². The number of hydrogen-bond acceptors (Lipinski definition) is 7. The van der Waals surface area contributed by atoms with Gasteiger partial charge in [-0.2, -0.15) is 0 Å². The first kappa shape index (κ1) is 18.5. The van der Waals surface area contributed by atoms with Gasteiger partial charge < -0.3 is 19.3 Å². The minimum atomic E-state index is 0.328. The second kappa shape index (κ2) is 8.06. The van der Waals surface area contributed by atoms with Gasteiger partial charge in [0.05, 0.1) is 0 Å². The van der Waals surface area contributed by atoms with E-state index >= 15 is 0 Å². The van der Waals surface area contributed by atoms with Gasteiger partial charge >= 0.3 is 0 Å². The summed E-state index contributed by atoms with van der Waals surface area (Å²) in [6.07, 6.45) is 4.22. The van der Waals surface area contributed by atoms with E-state index < -0.39 is 0 Å². The predicted molar refractivity (Wildman–Crippen MR) is 113 cm³/mol. The van der Waals surface area contributed by atoms with E-state index in [4.69, 9.17) is 9.47 Å². The zero-order valence-corrected chi connectivity index (χ0v) is 17.1. The lowest BCUT2D eigenvalue weighted by molar-refractivity contribution is 0.174. The molecule has 154 valence electrons. The molecule has 2 fully saturated rings. The minimum Gasteiger partial charge on any atom is -0.454 e. The zero-order chi connectivity index (χ0) is 19.6. The summed E-state index contributed by atoms with van der Waals surface area (Å²) >= 11 is 0. The molecule has 0 saturated carbocycles. The van der Waals surface area contributed by atoms with E-state index in [9.17, 15) is 0 Å². The van der Waals surface area contributed by atoms with E-state index in [1.54, 1.807) is 6.33 Å². The third-order valence-electron chi connectivity index (χ3n) is 6.29. The minimum absolute atomic E-state index is 0.328. The summed E-state index contributed by atoms with van der Waals surface area (Å²) in [6.45, 7) is 9.81. The summed E-state index contributed by atoms with van der Waals surface area (Å²) < 4.78 is 10.9. The summed E-state index contributed by atoms with van der Waals surface area (Å²) in [4.78, 5) is 16.4. The molecule has 0 unspecified atom stereocenters. The summed E-state index contributed by atoms with van der Waals surface area (Å²) in [7, 11) is 0. The van der Waals surface area contributed by atoms with Crippen molar-refractivity contribution in [3.05, 3.63) is 36.2 Å². The number of anilines is 2. The molecule has 0 bridgehead atoms. The standard InChI is InChI=1S/C22H29N5O2/c1-17-4-6-26(7-5-17)21-13-22(24-15-23-21)27-10-8-25(9-11-27)14-18-2-3-19-20(12-18)29-16-28-19/h2-3,12-13,15,17H,4-11,14,16H2,1H3. The van der Waals surface area contributed by atoms with Gasteiger partial charge in [-0.25, -0.2) is 9.97 Å². The van der Waals surface area contributed by atoms with Gasteiger partial charge in [0.2, 0.25) is 6.79 Å². The van der Waals surface area contributed by atoms with E-state index in [1.165, 1.54) is 18.4 Å². The highest BCUT2D eigenvalue weighted by atomic mass is 16.7. The smallest absolute Gasteiger partial charge is 0.231 e. The van der Waals surface area contributed by atoms with Crippen molar-refractivity contribution in [3.63, 3.8) is 0 Å². The third-order valence-corrected chi connectivity index (χ3v) is 6.29. The molecule has 5 rings (SSSR count). The first-order valence-corrected chi connectivity index (χ1v) is 10.7. The monoisotopic (exact) mass is 395 g/mol. The van der Waals surface area contributed by atoms with Crippen LogP contribution >= 0.6 is 0 Å². The average molecular weight is 396 g/mol. The van der Waals surface area contributed by atoms with Crippen molar-refractivity contribution in [2.45, 2.75) is 26.3 Å². The molecule has 1 aromatic heterocycles. The number of aromatic nitrogens is 2. The Morgan fingerprint density at radius 1 is 0.862 bits per heavy atom. The van der Waals surface area contributed by atoms with Gasteiger partial charge in [0.25, 0.3) is 0 Å². The largest absolute Gasteiger partial charge is 0.454 e. The fourth-order valence-corrected chi connectivity index (χ4v) is 4.35. The fraction of sp³-hybridized carbons (Fsp3) is 0.545. The van der Waals surface area contributed by atoms with Crippen molar-refractivity contribution in [1.29, 1.82) is 0 Å². The quantitative estimate of drug-likeness (QED) is 0.789. The van der Waals surface area contributed by atoms with Crippen LogP contribution in [0, 0.1) is 5.92 Å². The number of rotatable bonds is 4. The predicted octanol–water partition coefficient (Wildman–Crippen LogP) is 2.76. The Bertz CT molecular complexity index is 845. The normalized spacial score (nSPS) is 20.3. The van der Waals surface area contributed by atoms with Crippen LogP contribution in [0.3, 0.4) is 0 Å². The fourth-order valence-electron chi connectivity index (χ4n) is 4.35. The van der Waals surface area contributed by atoms with Crippen molar-refractivity contribution in [1.82, 2.24) is 14.9 Å². The Morgan fingerprint density at radius 3 is 2.31 bits per heavy atom. The third kappa shape index (κ3) is 4.10. The second-order valence-electron chi connectivity index (χ2n) is 8.35. The summed E-state index contributed by atoms with van der Waals surface area (Å²) in [5, 5.41) is 0. The number of hydrogen-bond donors (Lipinski definition) is 0. The number of nitrogens with zero attached hydrogens (tertiary/aromatic N) is 5. The molecule has 0 radical (unpaired) electrons. The SMILES string of the molecule is CC1CCN(c2cc(N3CCN(Cc4ccc5c(c4)OCO5)CC3)ncn2)CC1. The molecule has 0 N–H and O–H groups in total. The van der Waals surface area contributed by atoms with Crippen LogP contribution < -0.4 is 19.3 Å². The molecule has 29 heavy (non-hydrogen) atoms. The first-order chi connectivity index (χ1) is 14.2. The van der Waals surface area contributed by atoms with Gasteiger partial charge in [0.15, 0.2) is 11.5 Å². The van der Waals surface area contributed by atoms with Crippen LogP contribution in [-0.4, -0.2) is 60.9 Å². The van der Waals surface area contributed by atoms with Gasteiger partial charge in [0, 0.05) is 51.9 Å². The van der Waals surface area contributed by atoms with Crippen LogP contribution in [0.2, 0.25) is 0 Å². The van der Waals surface area contributed by atoms with Crippen molar-refractivity contribution < 1.29 is 9.47 Å². The second-order valence-corrected chi connectivity index (χ2v) is 8.35. The van der Waals surface area contributed by atoms with E-state index in [-0.39, 0.29) is 0 Å². The van der Waals surface area contributed by atoms with Gasteiger partial charge in [-0.1, -0.05) is 13.0 Å². The summed E-state index contributed by atoms with van der Waals surface area (Å²) in [6, 6.07) is 8.42. The number of piperidine rings is 1. The van der Waals surface area contributed by atoms with Crippen LogP contribution in [0.1, 0.15) is 25.3 Å². The van der Waals surface area contributed by atoms with Gasteiger partial charge in [-0.3, -0.25) is 4.90 Å². The summed E-state index contributed by atoms with van der Waals surface area (Å²) in [5.74, 6) is 4.66. The summed E-state index contributed by atoms with van der Waals surface area (Å²) in [5.41, 5.74) is 1.27. The molecule has 2 saturated heterocycles. The van der Waals surface area contributed by atoms with E-state index in [0.29, 0.717) is 6.79 Å². The van der Waals surface area contributed by atoms with Crippen molar-refractivity contribution in [2.24, 2.45) is 5.92 Å². The molecule has 4 heterocycles. The van der Waals surface area contributed by atoms with Crippen LogP contribution in [0.15, 0.2) is 30.6 Å². The maximum atomic E-state index is 5.50. The molecule has 1 aromatic carbocycles. The Labute approximate surface area is 172 Å². The molecule has 7 heteroatoms. The molecule has 7 nitrogen and oxygen atoms in total. The lowest BCUT2D eigenvalue weighted by atomic mass is 9.99. The molecular weight excluding hydrogens is 366 g/mol. The number of piperazine rings is 1. The number of benzene rings is 1. The molecule has 3 aliphatic rings. The maximum Gasteiger partial charge on any atom is 0.231 e. The Hall–Kier alpha value is -2.54. The molecular formula is C22H29N5O2. The Kier molecular flexibility index (Phi) is 5.14. The van der Waals surface area contributed by atoms with Crippen molar-refractivity contribution in [2.75, 3.05) is 55.9 Å². The Morgan fingerprint density at radius 2 is 1.55 bits per heavy atom. The molecule has 3 aliphatic heterocycles. The van der Waals surface area contributed by atoms with Crippen LogP contribution in [0.5, 0.6) is 11.5 Å². The number of fused-ring (bicyclic) bond motifs is 1. The topological polar surface area (TPSA) is 54.0 Å². The first-order valence-electron chi connectivity index (χ1n) is 10.7. The molecule has 0 spiro atoms. The number of ether oxygens (including phenoxy) is 2. The van der Waals surface area contributed by atoms with Crippen molar-refractivity contribution in [3.8, 4) is 11.5 Å². The highest BCUT2D eigenvalue weighted by Gasteiger charge is 2.22. The Balaban J connectivity index is 1.18. The lowest BCUT2D eigenvalue weighted by Crippen LogP contribution is -2.46. The van der Waals surface area contributed by atoms with Gasteiger partial charge in [-0.15, -0.1) is 0 Å². The van der Waals surface area contributed by atoms with Crippen molar-refractivity contribution >= 4 is 11.6 Å². The van der Waals surface area contributed by atoms with Crippen LogP contribution in [0.4, 0.5) is 11.6 Å². The highest BCUT2D eigenvalue weighted by Crippen LogP contribution is 2.33. The maximum absolute atomic E-state index is 5.50. The molecule has 0 atom stereocenters.